The minimum absolute atomic E-state index is 0.0453. The molecule has 0 aliphatic carbocycles. The summed E-state index contributed by atoms with van der Waals surface area (Å²) in [7, 11) is -1.92. The number of likely N-dealkylation sites (tertiary alicyclic amines) is 2. The largest absolute Gasteiger partial charge is 0.490 e. The Bertz CT molecular complexity index is 1360. The lowest BCUT2D eigenvalue weighted by molar-refractivity contribution is -0.155. The van der Waals surface area contributed by atoms with Gasteiger partial charge in [0.15, 0.2) is 8.32 Å². The number of carbonyl (C=O) groups excluding carboxylic acids is 4. The Balaban J connectivity index is 1.58. The van der Waals surface area contributed by atoms with Crippen LogP contribution in [0.25, 0.3) is 0 Å². The molecule has 0 bridgehead atoms. The normalized spacial score (nSPS) is 18.4. The lowest BCUT2D eigenvalue weighted by Crippen LogP contribution is -2.46. The van der Waals surface area contributed by atoms with Crippen LogP contribution in [0.15, 0.2) is 18.5 Å². The molecule has 0 radical (unpaired) electrons. The van der Waals surface area contributed by atoms with Gasteiger partial charge in [-0.1, -0.05) is 20.8 Å². The minimum Gasteiger partial charge on any atom is -0.490 e. The van der Waals surface area contributed by atoms with Gasteiger partial charge in [-0.3, -0.25) is 19.4 Å². The monoisotopic (exact) mass is 746 g/mol. The van der Waals surface area contributed by atoms with Gasteiger partial charge < -0.3 is 33.8 Å². The first kappa shape index (κ1) is 43.2. The van der Waals surface area contributed by atoms with Crippen LogP contribution < -0.4 is 10.1 Å². The lowest BCUT2D eigenvalue weighted by Gasteiger charge is -2.36. The second-order valence-electron chi connectivity index (χ2n) is 17.9. The van der Waals surface area contributed by atoms with Crippen molar-refractivity contribution in [1.82, 2.24) is 20.1 Å². The third-order valence-electron chi connectivity index (χ3n) is 10.0. The molecule has 2 aliphatic heterocycles. The van der Waals surface area contributed by atoms with E-state index >= 15 is 0 Å². The number of nitrogens with one attached hydrogen (secondary N) is 1. The first-order valence-corrected chi connectivity index (χ1v) is 21.9. The zero-order chi connectivity index (χ0) is 38.9. The second-order valence-corrected chi connectivity index (χ2v) is 22.7. The fraction of sp³-hybridized carbons (Fsp3) is 0.769. The molecule has 1 N–H and O–H groups in total. The van der Waals surface area contributed by atoms with E-state index in [1.165, 1.54) is 0 Å². The molecule has 0 aromatic carbocycles. The molecule has 294 valence electrons. The number of aromatic nitrogens is 1. The Morgan fingerprint density at radius 1 is 0.885 bits per heavy atom. The number of esters is 1. The van der Waals surface area contributed by atoms with E-state index in [4.69, 9.17) is 18.6 Å². The second kappa shape index (κ2) is 18.2. The van der Waals surface area contributed by atoms with Crippen molar-refractivity contribution >= 4 is 32.2 Å². The molecule has 2 fully saturated rings. The van der Waals surface area contributed by atoms with E-state index in [0.717, 1.165) is 25.7 Å². The van der Waals surface area contributed by atoms with E-state index < -0.39 is 37.4 Å². The average Bonchev–Trinajstić information content (AvgIpc) is 3.03. The molecule has 12 nitrogen and oxygen atoms in total. The fourth-order valence-electron chi connectivity index (χ4n) is 6.10. The van der Waals surface area contributed by atoms with Gasteiger partial charge in [0.1, 0.15) is 23.6 Å². The maximum absolute atomic E-state index is 13.8. The molecule has 1 aromatic heterocycles. The number of amides is 3. The van der Waals surface area contributed by atoms with Crippen molar-refractivity contribution in [3.05, 3.63) is 24.0 Å². The highest BCUT2D eigenvalue weighted by atomic mass is 28.4. The first-order chi connectivity index (χ1) is 24.0. The summed E-state index contributed by atoms with van der Waals surface area (Å²) < 4.78 is 23.3. The topological polar surface area (TPSA) is 137 Å². The van der Waals surface area contributed by atoms with Crippen LogP contribution in [0.3, 0.4) is 0 Å². The molecule has 3 rings (SSSR count). The summed E-state index contributed by atoms with van der Waals surface area (Å²) >= 11 is 0. The molecule has 0 saturated carbocycles. The summed E-state index contributed by atoms with van der Waals surface area (Å²) in [5.41, 5.74) is -0.581. The molecule has 3 heterocycles. The van der Waals surface area contributed by atoms with Gasteiger partial charge >= 0.3 is 12.1 Å². The van der Waals surface area contributed by atoms with Crippen molar-refractivity contribution in [2.45, 2.75) is 143 Å². The van der Waals surface area contributed by atoms with E-state index in [1.54, 1.807) is 49.0 Å². The predicted molar refractivity (Wildman–Crippen MR) is 203 cm³/mol. The lowest BCUT2D eigenvalue weighted by atomic mass is 9.91. The van der Waals surface area contributed by atoms with Gasteiger partial charge in [0.25, 0.3) is 0 Å². The molecule has 2 saturated heterocycles. The zero-order valence-corrected chi connectivity index (χ0v) is 34.8. The summed E-state index contributed by atoms with van der Waals surface area (Å²) in [4.78, 5) is 60.4. The minimum atomic E-state index is -1.92. The number of nitrogens with zero attached hydrogens (tertiary/aromatic N) is 3. The van der Waals surface area contributed by atoms with E-state index in [2.05, 4.69) is 44.2 Å². The van der Waals surface area contributed by atoms with Gasteiger partial charge in [0.05, 0.1) is 31.2 Å². The molecule has 2 aliphatic rings. The Kier molecular flexibility index (Phi) is 15.1. The molecule has 0 spiro atoms. The van der Waals surface area contributed by atoms with Crippen molar-refractivity contribution in [2.75, 3.05) is 39.4 Å². The molecule has 1 aromatic rings. The van der Waals surface area contributed by atoms with Crippen molar-refractivity contribution in [3.63, 3.8) is 0 Å². The third-order valence-corrected chi connectivity index (χ3v) is 14.6. The quantitative estimate of drug-likeness (QED) is 0.128. The van der Waals surface area contributed by atoms with Crippen LogP contribution >= 0.6 is 0 Å². The van der Waals surface area contributed by atoms with E-state index in [1.807, 2.05) is 20.8 Å². The van der Waals surface area contributed by atoms with Gasteiger partial charge in [-0.15, -0.1) is 0 Å². The number of hydrogen-bond donors (Lipinski definition) is 1. The van der Waals surface area contributed by atoms with Crippen LogP contribution in [0.2, 0.25) is 18.1 Å². The summed E-state index contributed by atoms with van der Waals surface area (Å²) in [6, 6.07) is 1.10. The predicted octanol–water partition coefficient (Wildman–Crippen LogP) is 7.04. The first-order valence-electron chi connectivity index (χ1n) is 19.0. The standard InChI is InChI=1S/C39H66N4O8Si/c1-37(2,3)50-34(45)24-32(30-23-31(26-40-25-30)48-21-22-49-52(10,11)39(7,8)9)41-35(46)29-13-12-18-43(27-29)33(44)15-14-28-16-19-42(20-17-28)36(47)51-38(4,5)6/h23,25-26,28-29,32H,12-22,24,27H2,1-11H3,(H,41,46)/t29?,32-/m0/s1. The smallest absolute Gasteiger partial charge is 0.410 e. The molecular formula is C39H66N4O8Si. The van der Waals surface area contributed by atoms with Gasteiger partial charge in [-0.2, -0.15) is 0 Å². The van der Waals surface area contributed by atoms with Crippen molar-refractivity contribution in [2.24, 2.45) is 11.8 Å². The number of hydrogen-bond acceptors (Lipinski definition) is 9. The molecule has 3 amide bonds. The third kappa shape index (κ3) is 14.3. The molecule has 1 unspecified atom stereocenters. The highest BCUT2D eigenvalue weighted by Crippen LogP contribution is 2.36. The van der Waals surface area contributed by atoms with Crippen molar-refractivity contribution < 1.29 is 37.8 Å². The van der Waals surface area contributed by atoms with Crippen LogP contribution in [0, 0.1) is 11.8 Å². The van der Waals surface area contributed by atoms with Crippen LogP contribution in [0.4, 0.5) is 4.79 Å². The van der Waals surface area contributed by atoms with E-state index in [0.29, 0.717) is 69.5 Å². The van der Waals surface area contributed by atoms with Gasteiger partial charge in [0, 0.05) is 38.8 Å². The highest BCUT2D eigenvalue weighted by molar-refractivity contribution is 6.74. The zero-order valence-electron chi connectivity index (χ0n) is 33.8. The molecule has 13 heteroatoms. The fourth-order valence-corrected chi connectivity index (χ4v) is 7.13. The Labute approximate surface area is 313 Å². The highest BCUT2D eigenvalue weighted by Gasteiger charge is 2.37. The van der Waals surface area contributed by atoms with Gasteiger partial charge in [-0.25, -0.2) is 4.79 Å². The van der Waals surface area contributed by atoms with Gasteiger partial charge in [-0.05, 0) is 109 Å². The van der Waals surface area contributed by atoms with Crippen LogP contribution in [0.1, 0.15) is 119 Å². The number of pyridine rings is 1. The number of ether oxygens (including phenoxy) is 3. The molecule has 2 atom stereocenters. The summed E-state index contributed by atoms with van der Waals surface area (Å²) in [5, 5.41) is 3.18. The maximum Gasteiger partial charge on any atom is 0.410 e. The number of rotatable bonds is 13. The molecular weight excluding hydrogens is 681 g/mol. The maximum atomic E-state index is 13.8. The van der Waals surface area contributed by atoms with Crippen LogP contribution in [-0.2, 0) is 28.3 Å². The SMILES string of the molecule is CC(C)(C)OC(=O)C[C@H](NC(=O)C1CCCN(C(=O)CCC2CCN(C(=O)OC(C)(C)C)CC2)C1)c1cncc(OCCO[Si](C)(C)C(C)(C)C)c1. The Morgan fingerprint density at radius 3 is 2.15 bits per heavy atom. The van der Waals surface area contributed by atoms with Crippen LogP contribution in [0.5, 0.6) is 5.75 Å². The summed E-state index contributed by atoms with van der Waals surface area (Å²) in [6.07, 6.45) is 7.07. The average molecular weight is 747 g/mol. The van der Waals surface area contributed by atoms with Crippen molar-refractivity contribution in [1.29, 1.82) is 0 Å². The molecule has 52 heavy (non-hydrogen) atoms. The van der Waals surface area contributed by atoms with Gasteiger partial charge in [0.2, 0.25) is 11.8 Å². The Morgan fingerprint density at radius 2 is 1.54 bits per heavy atom. The Hall–Kier alpha value is -3.19. The van der Waals surface area contributed by atoms with E-state index in [-0.39, 0.29) is 29.4 Å². The van der Waals surface area contributed by atoms with Crippen LogP contribution in [-0.4, -0.2) is 97.6 Å². The summed E-state index contributed by atoms with van der Waals surface area (Å²) in [5.74, 6) is -0.137. The van der Waals surface area contributed by atoms with E-state index in [9.17, 15) is 19.2 Å². The number of carbonyl (C=O) groups is 4. The van der Waals surface area contributed by atoms with Crippen molar-refractivity contribution in [3.8, 4) is 5.75 Å². The number of piperidine rings is 2. The summed E-state index contributed by atoms with van der Waals surface area (Å²) in [6.45, 7) is 25.0.